The second kappa shape index (κ2) is 10.3. The van der Waals surface area contributed by atoms with Crippen LogP contribution in [-0.2, 0) is 11.2 Å². The molecule has 32 heavy (non-hydrogen) atoms. The summed E-state index contributed by atoms with van der Waals surface area (Å²) < 4.78 is 35.3. The highest BCUT2D eigenvalue weighted by molar-refractivity contribution is 6.35. The normalized spacial score (nSPS) is 12.3. The van der Waals surface area contributed by atoms with E-state index in [2.05, 4.69) is 4.98 Å². The van der Waals surface area contributed by atoms with Crippen LogP contribution in [0.4, 0.5) is 8.78 Å². The molecule has 4 rings (SSSR count). The van der Waals surface area contributed by atoms with Crippen molar-refractivity contribution in [2.45, 2.75) is 18.6 Å². The van der Waals surface area contributed by atoms with Crippen molar-refractivity contribution in [3.63, 3.8) is 0 Å². The summed E-state index contributed by atoms with van der Waals surface area (Å²) in [5.41, 5.74) is 2.47. The maximum Gasteiger partial charge on any atom is 0.123 e. The van der Waals surface area contributed by atoms with E-state index >= 15 is 0 Å². The summed E-state index contributed by atoms with van der Waals surface area (Å²) >= 11 is 12.4. The van der Waals surface area contributed by atoms with Gasteiger partial charge in [-0.05, 0) is 59.5 Å². The van der Waals surface area contributed by atoms with Crippen molar-refractivity contribution in [2.75, 3.05) is 6.61 Å². The molecule has 0 spiro atoms. The molecule has 1 unspecified atom stereocenters. The third-order valence-electron chi connectivity index (χ3n) is 5.22. The number of hydrogen-bond donors (Lipinski definition) is 0. The lowest BCUT2D eigenvalue weighted by molar-refractivity contribution is 0.0546. The van der Waals surface area contributed by atoms with Crippen molar-refractivity contribution in [1.29, 1.82) is 0 Å². The number of imidazole rings is 1. The number of halogens is 4. The van der Waals surface area contributed by atoms with E-state index in [1.54, 1.807) is 48.9 Å². The van der Waals surface area contributed by atoms with Crippen LogP contribution in [0.5, 0.6) is 0 Å². The first-order valence-electron chi connectivity index (χ1n) is 10.0. The van der Waals surface area contributed by atoms with Crippen LogP contribution in [0, 0.1) is 11.6 Å². The van der Waals surface area contributed by atoms with E-state index in [-0.39, 0.29) is 17.7 Å². The van der Waals surface area contributed by atoms with Gasteiger partial charge in [-0.3, -0.25) is 0 Å². The van der Waals surface area contributed by atoms with Crippen LogP contribution in [0.3, 0.4) is 0 Å². The molecule has 7 heteroatoms. The van der Waals surface area contributed by atoms with Crippen LogP contribution in [0.1, 0.15) is 28.8 Å². The number of ether oxygens (including phenoxy) is 1. The highest BCUT2D eigenvalue weighted by Crippen LogP contribution is 2.30. The molecule has 0 saturated heterocycles. The van der Waals surface area contributed by atoms with E-state index in [1.165, 1.54) is 24.3 Å². The Kier molecular flexibility index (Phi) is 7.20. The topological polar surface area (TPSA) is 27.1 Å². The van der Waals surface area contributed by atoms with Crippen molar-refractivity contribution in [2.24, 2.45) is 0 Å². The SMILES string of the molecule is Fc1ccc(C(OCC(Cc2ccc(Cl)cc2Cl)n2ccnc2)c2ccc(F)cc2)cc1. The molecular weight excluding hydrogens is 453 g/mol. The number of aromatic nitrogens is 2. The van der Waals surface area contributed by atoms with E-state index in [0.717, 1.165) is 16.7 Å². The van der Waals surface area contributed by atoms with Gasteiger partial charge in [-0.25, -0.2) is 13.8 Å². The Balaban J connectivity index is 1.60. The van der Waals surface area contributed by atoms with Gasteiger partial charge in [0.25, 0.3) is 0 Å². The molecule has 164 valence electrons. The molecule has 0 aliphatic rings. The van der Waals surface area contributed by atoms with E-state index in [4.69, 9.17) is 27.9 Å². The van der Waals surface area contributed by atoms with Crippen LogP contribution >= 0.6 is 23.2 Å². The average Bonchev–Trinajstić information content (AvgIpc) is 3.31. The average molecular weight is 473 g/mol. The summed E-state index contributed by atoms with van der Waals surface area (Å²) in [6, 6.07) is 17.5. The van der Waals surface area contributed by atoms with Crippen LogP contribution in [0.15, 0.2) is 85.5 Å². The van der Waals surface area contributed by atoms with Gasteiger partial charge in [-0.15, -0.1) is 0 Å². The largest absolute Gasteiger partial charge is 0.367 e. The van der Waals surface area contributed by atoms with E-state index in [0.29, 0.717) is 23.1 Å². The minimum atomic E-state index is -0.497. The second-order valence-corrected chi connectivity index (χ2v) is 8.26. The van der Waals surface area contributed by atoms with Gasteiger partial charge in [0.15, 0.2) is 0 Å². The minimum Gasteiger partial charge on any atom is -0.367 e. The fraction of sp³-hybridized carbons (Fsp3) is 0.160. The van der Waals surface area contributed by atoms with Crippen molar-refractivity contribution in [1.82, 2.24) is 9.55 Å². The molecule has 1 aromatic heterocycles. The number of rotatable bonds is 8. The molecule has 0 fully saturated rings. The van der Waals surface area contributed by atoms with Crippen LogP contribution < -0.4 is 0 Å². The van der Waals surface area contributed by atoms with E-state index in [9.17, 15) is 8.78 Å². The van der Waals surface area contributed by atoms with Crippen molar-refractivity contribution in [3.8, 4) is 0 Å². The summed E-state index contributed by atoms with van der Waals surface area (Å²) in [6.07, 6.45) is 5.38. The van der Waals surface area contributed by atoms with E-state index < -0.39 is 6.10 Å². The number of hydrogen-bond acceptors (Lipinski definition) is 2. The Morgan fingerprint density at radius 2 is 1.50 bits per heavy atom. The third-order valence-corrected chi connectivity index (χ3v) is 5.80. The molecule has 1 atom stereocenters. The predicted molar refractivity (Wildman–Crippen MR) is 122 cm³/mol. The molecule has 1 heterocycles. The maximum atomic E-state index is 13.5. The van der Waals surface area contributed by atoms with Crippen molar-refractivity contribution < 1.29 is 13.5 Å². The van der Waals surface area contributed by atoms with Crippen LogP contribution in [-0.4, -0.2) is 16.2 Å². The summed E-state index contributed by atoms with van der Waals surface area (Å²) in [5, 5.41) is 1.15. The smallest absolute Gasteiger partial charge is 0.123 e. The van der Waals surface area contributed by atoms with Gasteiger partial charge < -0.3 is 9.30 Å². The molecular formula is C25H20Cl2F2N2O. The van der Waals surface area contributed by atoms with Crippen LogP contribution in [0.25, 0.3) is 0 Å². The van der Waals surface area contributed by atoms with Gasteiger partial charge >= 0.3 is 0 Å². The fourth-order valence-corrected chi connectivity index (χ4v) is 4.03. The quantitative estimate of drug-likeness (QED) is 0.274. The number of benzene rings is 3. The van der Waals surface area contributed by atoms with Crippen molar-refractivity contribution >= 4 is 23.2 Å². The van der Waals surface area contributed by atoms with Gasteiger partial charge in [0.1, 0.15) is 17.7 Å². The molecule has 4 aromatic rings. The molecule has 0 amide bonds. The van der Waals surface area contributed by atoms with Gasteiger partial charge in [-0.2, -0.15) is 0 Å². The zero-order valence-electron chi connectivity index (χ0n) is 17.0. The van der Waals surface area contributed by atoms with Crippen LogP contribution in [0.2, 0.25) is 10.0 Å². The lowest BCUT2D eigenvalue weighted by atomic mass is 10.0. The third kappa shape index (κ3) is 5.54. The standard InChI is InChI=1S/C25H20Cl2F2N2O/c26-20-6-1-19(24(27)14-20)13-23(31-12-11-30-16-31)15-32-25(17-2-7-21(28)8-3-17)18-4-9-22(29)10-5-18/h1-12,14,16,23,25H,13,15H2. The molecule has 3 aromatic carbocycles. The predicted octanol–water partition coefficient (Wildman–Crippen LogP) is 7.06. The Morgan fingerprint density at radius 3 is 2.03 bits per heavy atom. The van der Waals surface area contributed by atoms with E-state index in [1.807, 2.05) is 16.8 Å². The Bertz CT molecular complexity index is 1100. The highest BCUT2D eigenvalue weighted by atomic mass is 35.5. The summed E-state index contributed by atoms with van der Waals surface area (Å²) in [7, 11) is 0. The van der Waals surface area contributed by atoms with Gasteiger partial charge in [0.05, 0.1) is 19.0 Å². The molecule has 3 nitrogen and oxygen atoms in total. The fourth-order valence-electron chi connectivity index (χ4n) is 3.54. The lowest BCUT2D eigenvalue weighted by Crippen LogP contribution is -2.19. The first-order valence-corrected chi connectivity index (χ1v) is 10.8. The van der Waals surface area contributed by atoms with Gasteiger partial charge in [-0.1, -0.05) is 53.5 Å². The van der Waals surface area contributed by atoms with Crippen molar-refractivity contribution in [3.05, 3.63) is 124 Å². The second-order valence-electron chi connectivity index (χ2n) is 7.42. The minimum absolute atomic E-state index is 0.112. The Labute approximate surface area is 195 Å². The lowest BCUT2D eigenvalue weighted by Gasteiger charge is -2.24. The van der Waals surface area contributed by atoms with Gasteiger partial charge in [0.2, 0.25) is 0 Å². The Hall–Kier alpha value is -2.73. The first-order chi connectivity index (χ1) is 15.5. The van der Waals surface area contributed by atoms with Gasteiger partial charge in [0, 0.05) is 22.4 Å². The zero-order valence-corrected chi connectivity index (χ0v) is 18.5. The molecule has 0 aliphatic heterocycles. The summed E-state index contributed by atoms with van der Waals surface area (Å²) in [4.78, 5) is 4.15. The maximum absolute atomic E-state index is 13.5. The molecule has 0 radical (unpaired) electrons. The first kappa shape index (κ1) is 22.5. The number of nitrogens with zero attached hydrogens (tertiary/aromatic N) is 2. The summed E-state index contributed by atoms with van der Waals surface area (Å²) in [5.74, 6) is -0.666. The molecule has 0 N–H and O–H groups in total. The highest BCUT2D eigenvalue weighted by Gasteiger charge is 2.20. The zero-order chi connectivity index (χ0) is 22.5. The summed E-state index contributed by atoms with van der Waals surface area (Å²) in [6.45, 7) is 0.314. The molecule has 0 saturated carbocycles. The Morgan fingerprint density at radius 1 is 0.875 bits per heavy atom. The molecule has 0 aliphatic carbocycles. The molecule has 0 bridgehead atoms. The monoisotopic (exact) mass is 472 g/mol.